The lowest BCUT2D eigenvalue weighted by Crippen LogP contribution is -2.60. The van der Waals surface area contributed by atoms with Crippen LogP contribution in [-0.4, -0.2) is 71.4 Å². The molecule has 27 heavy (non-hydrogen) atoms. The fraction of sp³-hybridized carbons (Fsp3) is 0.600. The van der Waals surface area contributed by atoms with Gasteiger partial charge in [0.25, 0.3) is 0 Å². The summed E-state index contributed by atoms with van der Waals surface area (Å²) in [6.07, 6.45) is 1.48. The highest BCUT2D eigenvalue weighted by Crippen LogP contribution is 2.43. The molecule has 0 radical (unpaired) electrons. The lowest BCUT2D eigenvalue weighted by atomic mass is 9.87. The molecular weight excluding hydrogens is 364 g/mol. The molecule has 1 fully saturated rings. The number of thioether (sulfide) groups is 1. The molecule has 0 bridgehead atoms. The van der Waals surface area contributed by atoms with E-state index in [1.165, 1.54) is 11.8 Å². The van der Waals surface area contributed by atoms with Crippen LogP contribution < -0.4 is 4.74 Å². The number of carboxylic acid groups (broad SMARTS) is 1. The third-order valence-electron chi connectivity index (χ3n) is 5.31. The third-order valence-corrected chi connectivity index (χ3v) is 6.99. The van der Waals surface area contributed by atoms with Gasteiger partial charge in [-0.15, -0.1) is 11.8 Å². The topological polar surface area (TPSA) is 70.1 Å². The summed E-state index contributed by atoms with van der Waals surface area (Å²) in [7, 11) is 3.69. The lowest BCUT2D eigenvalue weighted by molar-refractivity contribution is -0.151. The van der Waals surface area contributed by atoms with E-state index >= 15 is 0 Å². The number of carboxylic acids is 1. The molecule has 1 atom stereocenters. The van der Waals surface area contributed by atoms with Gasteiger partial charge in [-0.1, -0.05) is 12.1 Å². The monoisotopic (exact) mass is 394 g/mol. The summed E-state index contributed by atoms with van der Waals surface area (Å²) in [6, 6.07) is 7.02. The zero-order chi connectivity index (χ0) is 20.0. The molecule has 2 rings (SSSR count). The van der Waals surface area contributed by atoms with Crippen molar-refractivity contribution < 1.29 is 19.4 Å². The van der Waals surface area contributed by atoms with Crippen LogP contribution in [0.2, 0.25) is 0 Å². The standard InChI is InChI=1S/C20H30N2O4S/c1-5-22(15(2)23)18(19(24)25)20(10-12-21(3)13-11-20)27-14-16-6-8-17(26-4)9-7-16/h6-9,18H,5,10-14H2,1-4H3,(H,24,25)/t18-/m1/s1. The van der Waals surface area contributed by atoms with E-state index in [0.29, 0.717) is 12.3 Å². The van der Waals surface area contributed by atoms with Gasteiger partial charge in [0.2, 0.25) is 5.91 Å². The Balaban J connectivity index is 2.29. The molecule has 1 N–H and O–H groups in total. The summed E-state index contributed by atoms with van der Waals surface area (Å²) < 4.78 is 4.70. The summed E-state index contributed by atoms with van der Waals surface area (Å²) in [5, 5.41) is 10.0. The van der Waals surface area contributed by atoms with Crippen molar-refractivity contribution in [2.45, 2.75) is 43.2 Å². The molecule has 0 aliphatic carbocycles. The molecule has 0 spiro atoms. The molecule has 150 valence electrons. The van der Waals surface area contributed by atoms with E-state index in [1.807, 2.05) is 31.2 Å². The number of benzene rings is 1. The number of ether oxygens (including phenoxy) is 1. The highest BCUT2D eigenvalue weighted by molar-refractivity contribution is 8.00. The third kappa shape index (κ3) is 5.17. The summed E-state index contributed by atoms with van der Waals surface area (Å²) >= 11 is 1.67. The number of piperidine rings is 1. The molecule has 6 nitrogen and oxygen atoms in total. The largest absolute Gasteiger partial charge is 0.497 e. The summed E-state index contributed by atoms with van der Waals surface area (Å²) in [5.41, 5.74) is 1.12. The molecular formula is C20H30N2O4S. The van der Waals surface area contributed by atoms with Crippen LogP contribution in [0.5, 0.6) is 5.75 Å². The average molecular weight is 395 g/mol. The van der Waals surface area contributed by atoms with Crippen molar-refractivity contribution in [3.63, 3.8) is 0 Å². The minimum absolute atomic E-state index is 0.187. The SMILES string of the molecule is CCN(C(C)=O)[C@H](C(=O)O)C1(SCc2ccc(OC)cc2)CCN(C)CC1. The zero-order valence-electron chi connectivity index (χ0n) is 16.6. The molecule has 7 heteroatoms. The highest BCUT2D eigenvalue weighted by atomic mass is 32.2. The molecule has 0 saturated carbocycles. The second kappa shape index (κ2) is 9.46. The molecule has 1 aromatic rings. The second-order valence-corrected chi connectivity index (χ2v) is 8.44. The molecule has 1 aliphatic rings. The first-order valence-electron chi connectivity index (χ1n) is 9.28. The van der Waals surface area contributed by atoms with Crippen molar-refractivity contribution in [1.82, 2.24) is 9.80 Å². The maximum atomic E-state index is 12.2. The number of nitrogens with zero attached hydrogens (tertiary/aromatic N) is 2. The molecule has 1 aromatic carbocycles. The maximum absolute atomic E-state index is 12.2. The number of amides is 1. The Bertz CT molecular complexity index is 642. The number of likely N-dealkylation sites (N-methyl/N-ethyl adjacent to an activating group) is 1. The Kier molecular flexibility index (Phi) is 7.56. The normalized spacial score (nSPS) is 17.9. The highest BCUT2D eigenvalue weighted by Gasteiger charge is 2.48. The van der Waals surface area contributed by atoms with Gasteiger partial charge >= 0.3 is 5.97 Å². The van der Waals surface area contributed by atoms with E-state index in [2.05, 4.69) is 11.9 Å². The number of rotatable bonds is 8. The van der Waals surface area contributed by atoms with Crippen molar-refractivity contribution in [3.8, 4) is 5.75 Å². The van der Waals surface area contributed by atoms with Crippen LogP contribution in [-0.2, 0) is 15.3 Å². The quantitative estimate of drug-likeness (QED) is 0.731. The van der Waals surface area contributed by atoms with Crippen LogP contribution in [0.3, 0.4) is 0 Å². The summed E-state index contributed by atoms with van der Waals surface area (Å²) in [5.74, 6) is 0.398. The summed E-state index contributed by atoms with van der Waals surface area (Å²) in [4.78, 5) is 28.1. The van der Waals surface area contributed by atoms with E-state index in [9.17, 15) is 14.7 Å². The van der Waals surface area contributed by atoms with Crippen molar-refractivity contribution in [2.75, 3.05) is 33.8 Å². The fourth-order valence-electron chi connectivity index (χ4n) is 3.67. The van der Waals surface area contributed by atoms with Gasteiger partial charge in [-0.3, -0.25) is 4.79 Å². The van der Waals surface area contributed by atoms with Crippen LogP contribution in [0, 0.1) is 0 Å². The predicted octanol–water partition coefficient (Wildman–Crippen LogP) is 2.71. The van der Waals surface area contributed by atoms with Crippen molar-refractivity contribution in [1.29, 1.82) is 0 Å². The summed E-state index contributed by atoms with van der Waals surface area (Å²) in [6.45, 7) is 5.35. The minimum Gasteiger partial charge on any atom is -0.497 e. The molecule has 1 heterocycles. The average Bonchev–Trinajstić information content (AvgIpc) is 2.66. The maximum Gasteiger partial charge on any atom is 0.327 e. The molecule has 1 saturated heterocycles. The number of aliphatic carboxylic acids is 1. The Labute approximate surface area is 165 Å². The number of hydrogen-bond acceptors (Lipinski definition) is 5. The molecule has 1 amide bonds. The van der Waals surface area contributed by atoms with E-state index in [1.54, 1.807) is 18.9 Å². The number of likely N-dealkylation sites (tertiary alicyclic amines) is 1. The van der Waals surface area contributed by atoms with E-state index in [-0.39, 0.29) is 5.91 Å². The molecule has 0 unspecified atom stereocenters. The zero-order valence-corrected chi connectivity index (χ0v) is 17.4. The van der Waals surface area contributed by atoms with Gasteiger partial charge in [-0.2, -0.15) is 0 Å². The van der Waals surface area contributed by atoms with Crippen LogP contribution in [0.15, 0.2) is 24.3 Å². The van der Waals surface area contributed by atoms with Crippen LogP contribution in [0.4, 0.5) is 0 Å². The van der Waals surface area contributed by atoms with Crippen LogP contribution in [0.1, 0.15) is 32.3 Å². The first-order chi connectivity index (χ1) is 12.8. The fourth-order valence-corrected chi connectivity index (χ4v) is 5.18. The van der Waals surface area contributed by atoms with E-state index in [4.69, 9.17) is 4.74 Å². The number of hydrogen-bond donors (Lipinski definition) is 1. The number of carbonyl (C=O) groups excluding carboxylic acids is 1. The van der Waals surface area contributed by atoms with Crippen LogP contribution in [0.25, 0.3) is 0 Å². The van der Waals surface area contributed by atoms with Gasteiger partial charge in [0.15, 0.2) is 0 Å². The van der Waals surface area contributed by atoms with Gasteiger partial charge in [-0.05, 0) is 57.6 Å². The van der Waals surface area contributed by atoms with Gasteiger partial charge in [0.1, 0.15) is 11.8 Å². The first kappa shape index (κ1) is 21.6. The minimum atomic E-state index is -0.918. The van der Waals surface area contributed by atoms with E-state index in [0.717, 1.165) is 37.2 Å². The Morgan fingerprint density at radius 2 is 1.89 bits per heavy atom. The van der Waals surface area contributed by atoms with Gasteiger partial charge in [-0.25, -0.2) is 4.79 Å². The van der Waals surface area contributed by atoms with Gasteiger partial charge < -0.3 is 19.6 Å². The Hall–Kier alpha value is -1.73. The Morgan fingerprint density at radius 1 is 1.30 bits per heavy atom. The smallest absolute Gasteiger partial charge is 0.327 e. The molecule has 1 aliphatic heterocycles. The lowest BCUT2D eigenvalue weighted by Gasteiger charge is -2.47. The van der Waals surface area contributed by atoms with Gasteiger partial charge in [0, 0.05) is 24.0 Å². The first-order valence-corrected chi connectivity index (χ1v) is 10.3. The second-order valence-electron chi connectivity index (χ2n) is 7.05. The van der Waals surface area contributed by atoms with Crippen LogP contribution >= 0.6 is 11.8 Å². The Morgan fingerprint density at radius 3 is 2.33 bits per heavy atom. The van der Waals surface area contributed by atoms with E-state index < -0.39 is 16.8 Å². The van der Waals surface area contributed by atoms with Crippen molar-refractivity contribution in [2.24, 2.45) is 0 Å². The molecule has 0 aromatic heterocycles. The number of methoxy groups -OCH3 is 1. The number of carbonyl (C=O) groups is 2. The van der Waals surface area contributed by atoms with Crippen molar-refractivity contribution >= 4 is 23.6 Å². The predicted molar refractivity (Wildman–Crippen MR) is 108 cm³/mol. The van der Waals surface area contributed by atoms with Gasteiger partial charge in [0.05, 0.1) is 7.11 Å². The van der Waals surface area contributed by atoms with Crippen molar-refractivity contribution in [3.05, 3.63) is 29.8 Å².